The molecule has 0 atom stereocenters. The van der Waals surface area contributed by atoms with Gasteiger partial charge >= 0.3 is 5.97 Å². The number of rotatable bonds is 11. The zero-order valence-corrected chi connectivity index (χ0v) is 21.6. The van der Waals surface area contributed by atoms with E-state index in [9.17, 15) is 9.59 Å². The monoisotopic (exact) mass is 542 g/mol. The molecule has 0 aliphatic rings. The van der Waals surface area contributed by atoms with Gasteiger partial charge in [0.15, 0.2) is 29.6 Å². The molecule has 0 spiro atoms. The number of esters is 1. The molecular formula is C27H24Cl2N2O6. The van der Waals surface area contributed by atoms with Gasteiger partial charge in [-0.1, -0.05) is 35.3 Å². The van der Waals surface area contributed by atoms with Gasteiger partial charge in [0.25, 0.3) is 5.91 Å². The Morgan fingerprint density at radius 1 is 0.946 bits per heavy atom. The van der Waals surface area contributed by atoms with Crippen LogP contribution >= 0.6 is 23.2 Å². The highest BCUT2D eigenvalue weighted by Gasteiger charge is 2.16. The zero-order valence-electron chi connectivity index (χ0n) is 20.1. The number of allylic oxidation sites excluding steroid dienone is 1. The van der Waals surface area contributed by atoms with Crippen molar-refractivity contribution in [1.82, 2.24) is 5.43 Å². The van der Waals surface area contributed by atoms with Crippen LogP contribution in [0.15, 0.2) is 72.4 Å². The summed E-state index contributed by atoms with van der Waals surface area (Å²) in [7, 11) is 2.96. The fourth-order valence-electron chi connectivity index (χ4n) is 3.14. The highest BCUT2D eigenvalue weighted by molar-refractivity contribution is 6.36. The standard InChI is InChI=1S/C27H24Cl2N2O6/c1-4-5-17-6-10-22(24(12-17)34-2)36-16-26(32)31-30-15-18-7-11-23(25(13-18)35-3)37-27(33)20-9-8-19(28)14-21(20)29/h4,6-15H,1,5,16H2,2-3H3,(H,31,32)/b30-15+. The fourth-order valence-corrected chi connectivity index (χ4v) is 3.62. The van der Waals surface area contributed by atoms with Gasteiger partial charge in [-0.25, -0.2) is 10.2 Å². The lowest BCUT2D eigenvalue weighted by Gasteiger charge is -2.11. The second-order valence-corrected chi connectivity index (χ2v) is 8.33. The molecule has 0 aliphatic carbocycles. The lowest BCUT2D eigenvalue weighted by molar-refractivity contribution is -0.123. The summed E-state index contributed by atoms with van der Waals surface area (Å²) in [4.78, 5) is 24.6. The van der Waals surface area contributed by atoms with Crippen molar-refractivity contribution in [2.75, 3.05) is 20.8 Å². The van der Waals surface area contributed by atoms with Crippen molar-refractivity contribution in [1.29, 1.82) is 0 Å². The van der Waals surface area contributed by atoms with E-state index < -0.39 is 11.9 Å². The first-order valence-electron chi connectivity index (χ1n) is 10.9. The molecule has 192 valence electrons. The van der Waals surface area contributed by atoms with E-state index in [1.807, 2.05) is 12.1 Å². The van der Waals surface area contributed by atoms with Crippen molar-refractivity contribution in [3.05, 3.63) is 94.0 Å². The van der Waals surface area contributed by atoms with Gasteiger partial charge < -0.3 is 18.9 Å². The Labute approximate surface area is 224 Å². The SMILES string of the molecule is C=CCc1ccc(OCC(=O)N/N=C/c2ccc(OC(=O)c3ccc(Cl)cc3Cl)c(OC)c2)c(OC)c1. The van der Waals surface area contributed by atoms with Gasteiger partial charge in [-0.3, -0.25) is 4.79 Å². The molecule has 1 amide bonds. The van der Waals surface area contributed by atoms with E-state index in [4.69, 9.17) is 42.1 Å². The van der Waals surface area contributed by atoms with Gasteiger partial charge in [-0.2, -0.15) is 5.10 Å². The van der Waals surface area contributed by atoms with Crippen LogP contribution in [0.2, 0.25) is 10.0 Å². The van der Waals surface area contributed by atoms with E-state index in [1.54, 1.807) is 24.3 Å². The van der Waals surface area contributed by atoms with E-state index in [0.29, 0.717) is 28.5 Å². The molecule has 0 fully saturated rings. The topological polar surface area (TPSA) is 95.5 Å². The zero-order chi connectivity index (χ0) is 26.8. The van der Waals surface area contributed by atoms with E-state index in [2.05, 4.69) is 17.1 Å². The molecule has 0 saturated carbocycles. The second kappa shape index (κ2) is 13.3. The number of carbonyl (C=O) groups is 2. The van der Waals surface area contributed by atoms with Crippen molar-refractivity contribution in [3.8, 4) is 23.0 Å². The predicted molar refractivity (Wildman–Crippen MR) is 143 cm³/mol. The van der Waals surface area contributed by atoms with Crippen LogP contribution in [0.1, 0.15) is 21.5 Å². The van der Waals surface area contributed by atoms with E-state index >= 15 is 0 Å². The van der Waals surface area contributed by atoms with Crippen LogP contribution in [-0.4, -0.2) is 38.9 Å². The summed E-state index contributed by atoms with van der Waals surface area (Å²) < 4.78 is 21.6. The number of methoxy groups -OCH3 is 2. The minimum absolute atomic E-state index is 0.161. The Balaban J connectivity index is 1.58. The van der Waals surface area contributed by atoms with Crippen LogP contribution in [0.25, 0.3) is 0 Å². The highest BCUT2D eigenvalue weighted by atomic mass is 35.5. The maximum atomic E-state index is 12.5. The van der Waals surface area contributed by atoms with Crippen molar-refractivity contribution in [3.63, 3.8) is 0 Å². The maximum Gasteiger partial charge on any atom is 0.345 e. The quantitative estimate of drug-likeness (QED) is 0.113. The Hall–Kier alpha value is -4.01. The molecule has 3 aromatic rings. The molecule has 37 heavy (non-hydrogen) atoms. The number of amides is 1. The van der Waals surface area contributed by atoms with Gasteiger partial charge in [0, 0.05) is 5.02 Å². The summed E-state index contributed by atoms with van der Waals surface area (Å²) in [5.41, 5.74) is 4.15. The van der Waals surface area contributed by atoms with E-state index in [-0.39, 0.29) is 28.7 Å². The number of carbonyl (C=O) groups excluding carboxylic acids is 2. The Bertz CT molecular complexity index is 1330. The Morgan fingerprint density at radius 3 is 2.38 bits per heavy atom. The van der Waals surface area contributed by atoms with Crippen LogP contribution < -0.4 is 24.4 Å². The maximum absolute atomic E-state index is 12.5. The largest absolute Gasteiger partial charge is 0.493 e. The second-order valence-electron chi connectivity index (χ2n) is 7.48. The molecule has 0 aromatic heterocycles. The highest BCUT2D eigenvalue weighted by Crippen LogP contribution is 2.30. The predicted octanol–water partition coefficient (Wildman–Crippen LogP) is 5.49. The van der Waals surface area contributed by atoms with Crippen LogP contribution in [0.4, 0.5) is 0 Å². The first-order valence-corrected chi connectivity index (χ1v) is 11.7. The molecular weight excluding hydrogens is 519 g/mol. The number of benzene rings is 3. The Kier molecular flexibility index (Phi) is 9.94. The average molecular weight is 543 g/mol. The molecule has 8 nitrogen and oxygen atoms in total. The third-order valence-corrected chi connectivity index (χ3v) is 5.46. The van der Waals surface area contributed by atoms with Gasteiger partial charge in [0.05, 0.1) is 31.0 Å². The lowest BCUT2D eigenvalue weighted by atomic mass is 10.1. The molecule has 0 saturated heterocycles. The third kappa shape index (κ3) is 7.73. The van der Waals surface area contributed by atoms with Crippen LogP contribution in [0.3, 0.4) is 0 Å². The van der Waals surface area contributed by atoms with E-state index in [1.165, 1.54) is 44.7 Å². The van der Waals surface area contributed by atoms with Crippen LogP contribution in [0.5, 0.6) is 23.0 Å². The van der Waals surface area contributed by atoms with Crippen molar-refractivity contribution in [2.24, 2.45) is 5.10 Å². The number of halogens is 2. The molecule has 0 radical (unpaired) electrons. The number of nitrogens with zero attached hydrogens (tertiary/aromatic N) is 1. The number of hydrazone groups is 1. The van der Waals surface area contributed by atoms with Crippen LogP contribution in [-0.2, 0) is 11.2 Å². The number of hydrogen-bond donors (Lipinski definition) is 1. The molecule has 1 N–H and O–H groups in total. The molecule has 10 heteroatoms. The normalized spacial score (nSPS) is 10.6. The smallest absolute Gasteiger partial charge is 0.345 e. The summed E-state index contributed by atoms with van der Waals surface area (Å²) in [6.45, 7) is 3.45. The summed E-state index contributed by atoms with van der Waals surface area (Å²) in [5, 5.41) is 4.50. The third-order valence-electron chi connectivity index (χ3n) is 4.91. The summed E-state index contributed by atoms with van der Waals surface area (Å²) >= 11 is 11.9. The average Bonchev–Trinajstić information content (AvgIpc) is 2.88. The molecule has 0 unspecified atom stereocenters. The number of nitrogens with one attached hydrogen (secondary N) is 1. The van der Waals surface area contributed by atoms with Crippen molar-refractivity contribution >= 4 is 41.3 Å². The fraction of sp³-hybridized carbons (Fsp3) is 0.148. The summed E-state index contributed by atoms with van der Waals surface area (Å²) in [6, 6.07) is 14.7. The minimum Gasteiger partial charge on any atom is -0.493 e. The number of ether oxygens (including phenoxy) is 4. The molecule has 0 heterocycles. The molecule has 3 aromatic carbocycles. The van der Waals surface area contributed by atoms with Gasteiger partial charge in [-0.05, 0) is 66.1 Å². The summed E-state index contributed by atoms with van der Waals surface area (Å²) in [5.74, 6) is 0.280. The van der Waals surface area contributed by atoms with Crippen molar-refractivity contribution < 1.29 is 28.5 Å². The van der Waals surface area contributed by atoms with Gasteiger partial charge in [0.2, 0.25) is 0 Å². The molecule has 3 rings (SSSR count). The first-order chi connectivity index (χ1) is 17.8. The van der Waals surface area contributed by atoms with E-state index in [0.717, 1.165) is 5.56 Å². The minimum atomic E-state index is -0.666. The first kappa shape index (κ1) is 27.6. The van der Waals surface area contributed by atoms with Gasteiger partial charge in [-0.15, -0.1) is 6.58 Å². The Morgan fingerprint density at radius 2 is 1.68 bits per heavy atom. The lowest BCUT2D eigenvalue weighted by Crippen LogP contribution is -2.24. The molecule has 0 aliphatic heterocycles. The van der Waals surface area contributed by atoms with Gasteiger partial charge in [0.1, 0.15) is 0 Å². The number of hydrogen-bond acceptors (Lipinski definition) is 7. The molecule has 0 bridgehead atoms. The van der Waals surface area contributed by atoms with Crippen LogP contribution in [0, 0.1) is 0 Å². The van der Waals surface area contributed by atoms with Crippen molar-refractivity contribution in [2.45, 2.75) is 6.42 Å². The summed E-state index contributed by atoms with van der Waals surface area (Å²) in [6.07, 6.45) is 3.89.